The van der Waals surface area contributed by atoms with E-state index in [2.05, 4.69) is 20.5 Å². The van der Waals surface area contributed by atoms with Gasteiger partial charge in [-0.15, -0.1) is 11.3 Å². The highest BCUT2D eigenvalue weighted by Gasteiger charge is 1.99. The third-order valence-corrected chi connectivity index (χ3v) is 2.84. The Morgan fingerprint density at radius 3 is 2.94 bits per heavy atom. The van der Waals surface area contributed by atoms with E-state index in [9.17, 15) is 0 Å². The normalized spacial score (nSPS) is 11.5. The van der Waals surface area contributed by atoms with E-state index < -0.39 is 0 Å². The average molecular weight is 232 g/mol. The molecule has 2 rings (SSSR count). The molecule has 0 amide bonds. The van der Waals surface area contributed by atoms with Gasteiger partial charge in [0.1, 0.15) is 0 Å². The van der Waals surface area contributed by atoms with Crippen LogP contribution in [0.15, 0.2) is 34.9 Å². The number of hydrogen-bond donors (Lipinski definition) is 1. The summed E-state index contributed by atoms with van der Waals surface area (Å²) in [5.74, 6) is 0. The Bertz CT molecular complexity index is 490. The summed E-state index contributed by atoms with van der Waals surface area (Å²) < 4.78 is 0. The van der Waals surface area contributed by atoms with Crippen LogP contribution in [0.2, 0.25) is 0 Å². The van der Waals surface area contributed by atoms with Gasteiger partial charge in [0.15, 0.2) is 0 Å². The molecule has 0 aliphatic rings. The number of rotatable bonds is 3. The highest BCUT2D eigenvalue weighted by atomic mass is 32.1. The molecule has 1 N–H and O–H groups in total. The lowest BCUT2D eigenvalue weighted by Gasteiger charge is -1.99. The highest BCUT2D eigenvalue weighted by molar-refractivity contribution is 7.13. The van der Waals surface area contributed by atoms with Crippen LogP contribution in [0.3, 0.4) is 0 Å². The lowest BCUT2D eigenvalue weighted by Crippen LogP contribution is -2.01. The monoisotopic (exact) mass is 232 g/mol. The summed E-state index contributed by atoms with van der Waals surface area (Å²) in [6, 6.07) is 5.75. The molecule has 16 heavy (non-hydrogen) atoms. The van der Waals surface area contributed by atoms with Gasteiger partial charge in [0.2, 0.25) is 5.13 Å². The van der Waals surface area contributed by atoms with Gasteiger partial charge < -0.3 is 0 Å². The number of thiazole rings is 1. The second-order valence-corrected chi connectivity index (χ2v) is 4.18. The van der Waals surface area contributed by atoms with Crippen molar-refractivity contribution in [3.63, 3.8) is 0 Å². The highest BCUT2D eigenvalue weighted by Crippen LogP contribution is 2.14. The zero-order valence-electron chi connectivity index (χ0n) is 9.14. The van der Waals surface area contributed by atoms with Gasteiger partial charge in [-0.3, -0.25) is 10.4 Å². The van der Waals surface area contributed by atoms with Gasteiger partial charge in [0, 0.05) is 11.6 Å². The smallest absolute Gasteiger partial charge is 0.203 e. The SMILES string of the molecule is C/C(=N\Nc1nc(C)cs1)c1ccccn1. The van der Waals surface area contributed by atoms with E-state index in [-0.39, 0.29) is 0 Å². The first-order valence-electron chi connectivity index (χ1n) is 4.89. The first kappa shape index (κ1) is 10.8. The summed E-state index contributed by atoms with van der Waals surface area (Å²) in [6.07, 6.45) is 1.75. The molecule has 0 aromatic carbocycles. The molecule has 0 bridgehead atoms. The van der Waals surface area contributed by atoms with Crippen LogP contribution in [0, 0.1) is 6.92 Å². The molecule has 0 saturated heterocycles. The fraction of sp³-hybridized carbons (Fsp3) is 0.182. The van der Waals surface area contributed by atoms with E-state index in [0.717, 1.165) is 22.2 Å². The second-order valence-electron chi connectivity index (χ2n) is 3.32. The molecular weight excluding hydrogens is 220 g/mol. The Labute approximate surface area is 98.1 Å². The van der Waals surface area contributed by atoms with Crippen LogP contribution in [0.4, 0.5) is 5.13 Å². The molecule has 0 saturated carbocycles. The van der Waals surface area contributed by atoms with Crippen molar-refractivity contribution in [3.05, 3.63) is 41.2 Å². The molecule has 4 nitrogen and oxygen atoms in total. The minimum Gasteiger partial charge on any atom is -0.255 e. The first-order chi connectivity index (χ1) is 7.75. The fourth-order valence-corrected chi connectivity index (χ4v) is 1.80. The molecule has 2 heterocycles. The molecule has 5 heteroatoms. The number of pyridine rings is 1. The van der Waals surface area contributed by atoms with Crippen molar-refractivity contribution in [2.75, 3.05) is 5.43 Å². The van der Waals surface area contributed by atoms with Crippen LogP contribution >= 0.6 is 11.3 Å². The summed E-state index contributed by atoms with van der Waals surface area (Å²) in [5.41, 5.74) is 5.62. The standard InChI is InChI=1S/C11H12N4S/c1-8-7-16-11(13-8)15-14-9(2)10-5-3-4-6-12-10/h3-7H,1-2H3,(H,13,15)/b14-9+. The van der Waals surface area contributed by atoms with E-state index in [4.69, 9.17) is 0 Å². The number of hydrazone groups is 1. The van der Waals surface area contributed by atoms with Crippen LogP contribution < -0.4 is 5.43 Å². The van der Waals surface area contributed by atoms with Gasteiger partial charge in [-0.1, -0.05) is 6.07 Å². The minimum atomic E-state index is 0.799. The number of nitrogens with zero attached hydrogens (tertiary/aromatic N) is 3. The van der Waals surface area contributed by atoms with Gasteiger partial charge in [-0.05, 0) is 26.0 Å². The van der Waals surface area contributed by atoms with Crippen LogP contribution in [-0.2, 0) is 0 Å². The first-order valence-corrected chi connectivity index (χ1v) is 5.77. The molecule has 2 aromatic heterocycles. The Hall–Kier alpha value is -1.75. The largest absolute Gasteiger partial charge is 0.255 e. The number of nitrogens with one attached hydrogen (secondary N) is 1. The molecule has 0 radical (unpaired) electrons. The predicted octanol–water partition coefficient (Wildman–Crippen LogP) is 2.68. The molecular formula is C11H12N4S. The lowest BCUT2D eigenvalue weighted by molar-refractivity contribution is 1.20. The zero-order chi connectivity index (χ0) is 11.4. The van der Waals surface area contributed by atoms with Crippen LogP contribution in [0.5, 0.6) is 0 Å². The fourth-order valence-electron chi connectivity index (χ4n) is 1.17. The van der Waals surface area contributed by atoms with E-state index >= 15 is 0 Å². The zero-order valence-corrected chi connectivity index (χ0v) is 9.95. The van der Waals surface area contributed by atoms with Gasteiger partial charge in [0.05, 0.1) is 17.1 Å². The molecule has 0 spiro atoms. The molecule has 0 aliphatic carbocycles. The molecule has 0 unspecified atom stereocenters. The van der Waals surface area contributed by atoms with E-state index in [1.54, 1.807) is 6.20 Å². The second kappa shape index (κ2) is 4.85. The van der Waals surface area contributed by atoms with Gasteiger partial charge in [-0.25, -0.2) is 4.98 Å². The maximum absolute atomic E-state index is 4.26. The van der Waals surface area contributed by atoms with E-state index in [1.807, 2.05) is 37.4 Å². The maximum atomic E-state index is 4.26. The Kier molecular flexibility index (Phi) is 3.26. The average Bonchev–Trinajstić information content (AvgIpc) is 2.73. The molecule has 0 fully saturated rings. The van der Waals surface area contributed by atoms with Crippen LogP contribution in [-0.4, -0.2) is 15.7 Å². The maximum Gasteiger partial charge on any atom is 0.203 e. The third kappa shape index (κ3) is 2.64. The summed E-state index contributed by atoms with van der Waals surface area (Å²) in [4.78, 5) is 8.46. The molecule has 2 aromatic rings. The quantitative estimate of drug-likeness (QED) is 0.654. The molecule has 0 atom stereocenters. The summed E-state index contributed by atoms with van der Waals surface area (Å²) in [5, 5.41) is 7.01. The number of aromatic nitrogens is 2. The van der Waals surface area contributed by atoms with E-state index in [0.29, 0.717) is 0 Å². The van der Waals surface area contributed by atoms with Crippen molar-refractivity contribution in [3.8, 4) is 0 Å². The van der Waals surface area contributed by atoms with E-state index in [1.165, 1.54) is 11.3 Å². The van der Waals surface area contributed by atoms with Crippen molar-refractivity contribution in [2.45, 2.75) is 13.8 Å². The molecule has 82 valence electrons. The summed E-state index contributed by atoms with van der Waals surface area (Å²) in [6.45, 7) is 3.87. The Morgan fingerprint density at radius 1 is 1.44 bits per heavy atom. The number of aryl methyl sites for hydroxylation is 1. The van der Waals surface area contributed by atoms with Crippen molar-refractivity contribution >= 4 is 22.2 Å². The number of hydrogen-bond acceptors (Lipinski definition) is 5. The van der Waals surface area contributed by atoms with Gasteiger partial charge in [0.25, 0.3) is 0 Å². The molecule has 0 aliphatic heterocycles. The van der Waals surface area contributed by atoms with Crippen LogP contribution in [0.1, 0.15) is 18.3 Å². The van der Waals surface area contributed by atoms with Crippen molar-refractivity contribution in [1.82, 2.24) is 9.97 Å². The van der Waals surface area contributed by atoms with Crippen LogP contribution in [0.25, 0.3) is 0 Å². The van der Waals surface area contributed by atoms with Crippen molar-refractivity contribution in [2.24, 2.45) is 5.10 Å². The Morgan fingerprint density at radius 2 is 2.31 bits per heavy atom. The minimum absolute atomic E-state index is 0.799. The van der Waals surface area contributed by atoms with Crippen molar-refractivity contribution < 1.29 is 0 Å². The predicted molar refractivity (Wildman–Crippen MR) is 66.9 cm³/mol. The Balaban J connectivity index is 2.08. The summed E-state index contributed by atoms with van der Waals surface area (Å²) >= 11 is 1.54. The number of anilines is 1. The summed E-state index contributed by atoms with van der Waals surface area (Å²) in [7, 11) is 0. The third-order valence-electron chi connectivity index (χ3n) is 1.97. The lowest BCUT2D eigenvalue weighted by atomic mass is 10.3. The van der Waals surface area contributed by atoms with Gasteiger partial charge in [-0.2, -0.15) is 5.10 Å². The topological polar surface area (TPSA) is 50.2 Å². The van der Waals surface area contributed by atoms with Crippen molar-refractivity contribution in [1.29, 1.82) is 0 Å². The van der Waals surface area contributed by atoms with Gasteiger partial charge >= 0.3 is 0 Å².